The van der Waals surface area contributed by atoms with Crippen LogP contribution in [0.1, 0.15) is 28.8 Å². The number of methoxy groups -OCH3 is 1. The number of nitrogens with zero attached hydrogens (tertiary/aromatic N) is 2. The highest BCUT2D eigenvalue weighted by molar-refractivity contribution is 7.89. The molecule has 8 heteroatoms. The fraction of sp³-hybridized carbons (Fsp3) is 0.381. The lowest BCUT2D eigenvalue weighted by Gasteiger charge is -2.22. The van der Waals surface area contributed by atoms with Gasteiger partial charge in [0.05, 0.1) is 7.11 Å². The number of likely N-dealkylation sites (N-methyl/N-ethyl adjacent to an activating group) is 1. The lowest BCUT2D eigenvalue weighted by Crippen LogP contribution is -2.34. The molecule has 1 saturated carbocycles. The van der Waals surface area contributed by atoms with Crippen molar-refractivity contribution >= 4 is 21.6 Å². The number of fused-ring (bicyclic) bond motifs is 1. The highest BCUT2D eigenvalue weighted by Crippen LogP contribution is 2.30. The second-order valence-electron chi connectivity index (χ2n) is 7.54. The molecule has 4 rings (SSSR count). The van der Waals surface area contributed by atoms with Crippen molar-refractivity contribution in [2.75, 3.05) is 32.1 Å². The molecule has 154 valence electrons. The first-order valence-corrected chi connectivity index (χ1v) is 11.2. The second-order valence-corrected chi connectivity index (χ2v) is 9.22. The van der Waals surface area contributed by atoms with E-state index in [1.807, 2.05) is 31.3 Å². The summed E-state index contributed by atoms with van der Waals surface area (Å²) in [6.45, 7) is 1.74. The number of rotatable bonds is 5. The van der Waals surface area contributed by atoms with Crippen molar-refractivity contribution in [3.05, 3.63) is 53.6 Å². The molecule has 2 aromatic carbocycles. The Bertz CT molecular complexity index is 1030. The number of hydrogen-bond donors (Lipinski definition) is 1. The van der Waals surface area contributed by atoms with Gasteiger partial charge >= 0.3 is 0 Å². The van der Waals surface area contributed by atoms with Crippen molar-refractivity contribution in [1.29, 1.82) is 0 Å². The maximum Gasteiger partial charge on any atom is 0.254 e. The summed E-state index contributed by atoms with van der Waals surface area (Å²) in [7, 11) is -0.312. The molecule has 0 aromatic heterocycles. The number of benzene rings is 2. The summed E-state index contributed by atoms with van der Waals surface area (Å²) in [6, 6.07) is 12.6. The quantitative estimate of drug-likeness (QED) is 0.810. The third-order valence-electron chi connectivity index (χ3n) is 5.36. The van der Waals surface area contributed by atoms with Crippen LogP contribution in [0.4, 0.5) is 5.69 Å². The fourth-order valence-electron chi connectivity index (χ4n) is 3.55. The second kappa shape index (κ2) is 7.68. The van der Waals surface area contributed by atoms with E-state index in [0.29, 0.717) is 25.2 Å². The first kappa shape index (κ1) is 19.7. The molecule has 1 fully saturated rings. The van der Waals surface area contributed by atoms with Gasteiger partial charge in [0.1, 0.15) is 10.6 Å². The van der Waals surface area contributed by atoms with Crippen LogP contribution in [0, 0.1) is 0 Å². The van der Waals surface area contributed by atoms with Crippen LogP contribution in [0.25, 0.3) is 0 Å². The lowest BCUT2D eigenvalue weighted by molar-refractivity contribution is 0.0751. The third-order valence-corrected chi connectivity index (χ3v) is 6.90. The summed E-state index contributed by atoms with van der Waals surface area (Å²) in [4.78, 5) is 17.1. The number of nitrogens with one attached hydrogen (secondary N) is 1. The number of ether oxygens (including phenoxy) is 1. The fourth-order valence-corrected chi connectivity index (χ4v) is 5.05. The zero-order valence-electron chi connectivity index (χ0n) is 16.6. The van der Waals surface area contributed by atoms with Gasteiger partial charge in [-0.3, -0.25) is 4.79 Å². The van der Waals surface area contributed by atoms with E-state index in [9.17, 15) is 13.2 Å². The van der Waals surface area contributed by atoms with Crippen LogP contribution in [-0.2, 0) is 16.6 Å². The molecular weight excluding hydrogens is 390 g/mol. The number of sulfonamides is 1. The van der Waals surface area contributed by atoms with E-state index in [1.54, 1.807) is 17.0 Å². The summed E-state index contributed by atoms with van der Waals surface area (Å²) < 4.78 is 33.4. The van der Waals surface area contributed by atoms with Crippen molar-refractivity contribution in [2.24, 2.45) is 0 Å². The SMILES string of the molecule is COc1ccc(C(=O)N2CCN(C)c3ccccc3C2)cc1S(=O)(=O)NC1CC1. The summed E-state index contributed by atoms with van der Waals surface area (Å²) in [5, 5.41) is 0. The number of hydrogen-bond acceptors (Lipinski definition) is 5. The summed E-state index contributed by atoms with van der Waals surface area (Å²) in [5.41, 5.74) is 2.51. The predicted octanol–water partition coefficient (Wildman–Crippen LogP) is 2.23. The van der Waals surface area contributed by atoms with Crippen molar-refractivity contribution < 1.29 is 17.9 Å². The third kappa shape index (κ3) is 4.09. The molecule has 0 radical (unpaired) electrons. The van der Waals surface area contributed by atoms with Crippen molar-refractivity contribution in [3.63, 3.8) is 0 Å². The van der Waals surface area contributed by atoms with E-state index in [-0.39, 0.29) is 22.6 Å². The predicted molar refractivity (Wildman–Crippen MR) is 111 cm³/mol. The molecule has 1 aliphatic heterocycles. The minimum absolute atomic E-state index is 0.00471. The van der Waals surface area contributed by atoms with Gasteiger partial charge in [-0.25, -0.2) is 13.1 Å². The van der Waals surface area contributed by atoms with Gasteiger partial charge in [-0.1, -0.05) is 18.2 Å². The Balaban J connectivity index is 1.64. The highest BCUT2D eigenvalue weighted by atomic mass is 32.2. The molecular formula is C21H25N3O4S. The molecule has 1 heterocycles. The maximum atomic E-state index is 13.2. The standard InChI is InChI=1S/C21H25N3O4S/c1-23-11-12-24(14-16-5-3-4-6-18(16)23)21(25)15-7-10-19(28-2)20(13-15)29(26,27)22-17-8-9-17/h3-7,10,13,17,22H,8-9,11-12,14H2,1-2H3. The van der Waals surface area contributed by atoms with Gasteiger partial charge in [0.2, 0.25) is 10.0 Å². The number of carbonyl (C=O) groups is 1. The summed E-state index contributed by atoms with van der Waals surface area (Å²) in [5.74, 6) is 0.0382. The first-order valence-electron chi connectivity index (χ1n) is 9.68. The molecule has 1 amide bonds. The Labute approximate surface area is 171 Å². The van der Waals surface area contributed by atoms with Gasteiger partial charge in [-0.05, 0) is 42.7 Å². The molecule has 1 N–H and O–H groups in total. The van der Waals surface area contributed by atoms with Gasteiger partial charge in [0.25, 0.3) is 5.91 Å². The van der Waals surface area contributed by atoms with E-state index in [2.05, 4.69) is 9.62 Å². The zero-order chi connectivity index (χ0) is 20.6. The molecule has 0 atom stereocenters. The Morgan fingerprint density at radius 1 is 1.14 bits per heavy atom. The molecule has 2 aliphatic rings. The smallest absolute Gasteiger partial charge is 0.254 e. The van der Waals surface area contributed by atoms with Crippen molar-refractivity contribution in [3.8, 4) is 5.75 Å². The minimum Gasteiger partial charge on any atom is -0.495 e. The molecule has 0 spiro atoms. The van der Waals surface area contributed by atoms with Gasteiger partial charge in [0.15, 0.2) is 0 Å². The molecule has 2 aromatic rings. The van der Waals surface area contributed by atoms with Crippen LogP contribution >= 0.6 is 0 Å². The summed E-state index contributed by atoms with van der Waals surface area (Å²) >= 11 is 0. The monoisotopic (exact) mass is 415 g/mol. The maximum absolute atomic E-state index is 13.2. The molecule has 7 nitrogen and oxygen atoms in total. The molecule has 29 heavy (non-hydrogen) atoms. The topological polar surface area (TPSA) is 79.0 Å². The van der Waals surface area contributed by atoms with Gasteiger partial charge in [-0.2, -0.15) is 0 Å². The van der Waals surface area contributed by atoms with Crippen molar-refractivity contribution in [1.82, 2.24) is 9.62 Å². The largest absolute Gasteiger partial charge is 0.495 e. The highest BCUT2D eigenvalue weighted by Gasteiger charge is 2.31. The Morgan fingerprint density at radius 3 is 2.62 bits per heavy atom. The van der Waals surface area contributed by atoms with Crippen LogP contribution in [0.3, 0.4) is 0 Å². The number of amides is 1. The Morgan fingerprint density at radius 2 is 1.90 bits per heavy atom. The average molecular weight is 416 g/mol. The van der Waals surface area contributed by atoms with Crippen LogP contribution in [-0.4, -0.2) is 52.5 Å². The van der Waals surface area contributed by atoms with E-state index in [1.165, 1.54) is 13.2 Å². The number of para-hydroxylation sites is 1. The minimum atomic E-state index is -3.75. The molecule has 0 saturated heterocycles. The van der Waals surface area contributed by atoms with Gasteiger partial charge < -0.3 is 14.5 Å². The normalized spacial score (nSPS) is 16.9. The Kier molecular flexibility index (Phi) is 5.23. The van der Waals surface area contributed by atoms with Crippen LogP contribution < -0.4 is 14.4 Å². The molecule has 0 bridgehead atoms. The molecule has 0 unspecified atom stereocenters. The van der Waals surface area contributed by atoms with Crippen LogP contribution in [0.2, 0.25) is 0 Å². The van der Waals surface area contributed by atoms with E-state index in [4.69, 9.17) is 4.74 Å². The van der Waals surface area contributed by atoms with E-state index >= 15 is 0 Å². The number of anilines is 1. The first-order chi connectivity index (χ1) is 13.9. The van der Waals surface area contributed by atoms with Gasteiger partial charge in [-0.15, -0.1) is 0 Å². The van der Waals surface area contributed by atoms with E-state index in [0.717, 1.165) is 24.1 Å². The number of carbonyl (C=O) groups excluding carboxylic acids is 1. The van der Waals surface area contributed by atoms with Crippen molar-refractivity contribution in [2.45, 2.75) is 30.3 Å². The van der Waals surface area contributed by atoms with Crippen LogP contribution in [0.15, 0.2) is 47.4 Å². The average Bonchev–Trinajstić information content (AvgIpc) is 3.54. The zero-order valence-corrected chi connectivity index (χ0v) is 17.4. The van der Waals surface area contributed by atoms with Crippen LogP contribution in [0.5, 0.6) is 5.75 Å². The van der Waals surface area contributed by atoms with Gasteiger partial charge in [0, 0.05) is 44.0 Å². The summed E-state index contributed by atoms with van der Waals surface area (Å²) in [6.07, 6.45) is 1.67. The molecule has 1 aliphatic carbocycles. The lowest BCUT2D eigenvalue weighted by atomic mass is 10.1. The van der Waals surface area contributed by atoms with E-state index < -0.39 is 10.0 Å². The Hall–Kier alpha value is -2.58.